The van der Waals surface area contributed by atoms with Crippen molar-refractivity contribution in [1.29, 1.82) is 0 Å². The van der Waals surface area contributed by atoms with Crippen LogP contribution in [-0.4, -0.2) is 60.8 Å². The fourth-order valence-electron chi connectivity index (χ4n) is 2.18. The molecule has 2 amide bonds. The van der Waals surface area contributed by atoms with Crippen LogP contribution in [0.4, 0.5) is 0 Å². The standard InChI is InChI=1S/C13H14Cl2N2O4S/c14-5-7-16(8-6-15)12(18)9-17-13(19)10-3-1-2-4-11(10)22(17,20)21/h1-4H,5-9H2. The number of halogens is 2. The van der Waals surface area contributed by atoms with Crippen molar-refractivity contribution in [3.63, 3.8) is 0 Å². The minimum absolute atomic E-state index is 0.0750. The third-order valence-electron chi connectivity index (χ3n) is 3.25. The third kappa shape index (κ3) is 3.06. The van der Waals surface area contributed by atoms with Gasteiger partial charge in [-0.05, 0) is 12.1 Å². The van der Waals surface area contributed by atoms with Crippen LogP contribution < -0.4 is 0 Å². The normalized spacial score (nSPS) is 15.7. The summed E-state index contributed by atoms with van der Waals surface area (Å²) in [5.74, 6) is -0.806. The van der Waals surface area contributed by atoms with Crippen LogP contribution in [0.1, 0.15) is 10.4 Å². The highest BCUT2D eigenvalue weighted by Gasteiger charge is 2.42. The number of rotatable bonds is 6. The molecule has 0 atom stereocenters. The SMILES string of the molecule is O=C(CN1C(=O)c2ccccc2S1(=O)=O)N(CCCl)CCCl. The summed E-state index contributed by atoms with van der Waals surface area (Å²) in [6.07, 6.45) is 0. The number of carbonyl (C=O) groups excluding carboxylic acids is 2. The lowest BCUT2D eigenvalue weighted by atomic mass is 10.2. The fourth-order valence-corrected chi connectivity index (χ4v) is 4.10. The Kier molecular flexibility index (Phi) is 5.31. The molecule has 0 bridgehead atoms. The van der Waals surface area contributed by atoms with Crippen molar-refractivity contribution >= 4 is 45.0 Å². The van der Waals surface area contributed by atoms with Gasteiger partial charge in [0.05, 0.1) is 5.56 Å². The summed E-state index contributed by atoms with van der Waals surface area (Å²) < 4.78 is 25.3. The van der Waals surface area contributed by atoms with Gasteiger partial charge in [-0.25, -0.2) is 12.7 Å². The maximum absolute atomic E-state index is 12.4. The molecule has 0 spiro atoms. The van der Waals surface area contributed by atoms with E-state index >= 15 is 0 Å². The monoisotopic (exact) mass is 364 g/mol. The Morgan fingerprint density at radius 2 is 1.73 bits per heavy atom. The Balaban J connectivity index is 2.24. The highest BCUT2D eigenvalue weighted by molar-refractivity contribution is 7.90. The molecular formula is C13H14Cl2N2O4S. The molecule has 1 aromatic carbocycles. The van der Waals surface area contributed by atoms with Gasteiger partial charge in [0, 0.05) is 24.8 Å². The van der Waals surface area contributed by atoms with Crippen LogP contribution in [0, 0.1) is 0 Å². The van der Waals surface area contributed by atoms with E-state index in [-0.39, 0.29) is 35.3 Å². The van der Waals surface area contributed by atoms with Crippen LogP contribution in [0.25, 0.3) is 0 Å². The van der Waals surface area contributed by atoms with Crippen molar-refractivity contribution in [2.45, 2.75) is 4.90 Å². The average molecular weight is 365 g/mol. The van der Waals surface area contributed by atoms with E-state index < -0.39 is 28.4 Å². The van der Waals surface area contributed by atoms with Crippen LogP contribution in [0.3, 0.4) is 0 Å². The van der Waals surface area contributed by atoms with E-state index in [1.807, 2.05) is 0 Å². The van der Waals surface area contributed by atoms with Crippen molar-refractivity contribution < 1.29 is 18.0 Å². The minimum atomic E-state index is -3.98. The minimum Gasteiger partial charge on any atom is -0.339 e. The van der Waals surface area contributed by atoms with Gasteiger partial charge in [0.2, 0.25) is 5.91 Å². The largest absolute Gasteiger partial charge is 0.339 e. The molecule has 6 nitrogen and oxygen atoms in total. The van der Waals surface area contributed by atoms with Crippen molar-refractivity contribution in [3.05, 3.63) is 29.8 Å². The van der Waals surface area contributed by atoms with Crippen molar-refractivity contribution in [2.24, 2.45) is 0 Å². The highest BCUT2D eigenvalue weighted by atomic mass is 35.5. The summed E-state index contributed by atoms with van der Waals surface area (Å²) >= 11 is 11.2. The number of benzene rings is 1. The van der Waals surface area contributed by atoms with Crippen LogP contribution in [0.5, 0.6) is 0 Å². The molecule has 0 radical (unpaired) electrons. The number of hydrogen-bond donors (Lipinski definition) is 0. The first-order valence-electron chi connectivity index (χ1n) is 6.49. The number of amides is 2. The molecule has 1 aliphatic rings. The first-order chi connectivity index (χ1) is 10.4. The third-order valence-corrected chi connectivity index (χ3v) is 5.38. The van der Waals surface area contributed by atoms with Crippen molar-refractivity contribution in [2.75, 3.05) is 31.4 Å². The molecule has 0 saturated heterocycles. The molecule has 0 unspecified atom stereocenters. The molecule has 0 fully saturated rings. The van der Waals surface area contributed by atoms with Crippen LogP contribution in [0.15, 0.2) is 29.2 Å². The molecule has 22 heavy (non-hydrogen) atoms. The maximum atomic E-state index is 12.4. The summed E-state index contributed by atoms with van der Waals surface area (Å²) in [6, 6.07) is 5.88. The van der Waals surface area contributed by atoms with E-state index in [0.29, 0.717) is 4.31 Å². The van der Waals surface area contributed by atoms with Gasteiger partial charge in [0.25, 0.3) is 15.9 Å². The predicted octanol–water partition coefficient (Wildman–Crippen LogP) is 1.14. The molecule has 9 heteroatoms. The average Bonchev–Trinajstić information content (AvgIpc) is 2.68. The zero-order chi connectivity index (χ0) is 16.3. The number of alkyl halides is 2. The highest BCUT2D eigenvalue weighted by Crippen LogP contribution is 2.29. The summed E-state index contributed by atoms with van der Waals surface area (Å²) in [4.78, 5) is 25.7. The molecule has 1 heterocycles. The molecule has 0 saturated carbocycles. The van der Waals surface area contributed by atoms with Gasteiger partial charge < -0.3 is 4.90 Å². The molecule has 0 N–H and O–H groups in total. The molecule has 1 aliphatic heterocycles. The smallest absolute Gasteiger partial charge is 0.269 e. The summed E-state index contributed by atoms with van der Waals surface area (Å²) in [5.41, 5.74) is 0.0801. The Bertz CT molecular complexity index is 687. The molecule has 2 rings (SSSR count). The molecular weight excluding hydrogens is 351 g/mol. The number of nitrogens with zero attached hydrogens (tertiary/aromatic N) is 2. The quantitative estimate of drug-likeness (QED) is 0.709. The van der Waals surface area contributed by atoms with Crippen LogP contribution >= 0.6 is 23.2 Å². The molecule has 0 aliphatic carbocycles. The Labute approximate surface area is 138 Å². The summed E-state index contributed by atoms with van der Waals surface area (Å²) in [6.45, 7) is -0.0755. The van der Waals surface area contributed by atoms with Crippen LogP contribution in [-0.2, 0) is 14.8 Å². The lowest BCUT2D eigenvalue weighted by molar-refractivity contribution is -0.130. The van der Waals surface area contributed by atoms with Gasteiger partial charge in [-0.2, -0.15) is 0 Å². The zero-order valence-corrected chi connectivity index (χ0v) is 13.9. The fraction of sp³-hybridized carbons (Fsp3) is 0.385. The van der Waals surface area contributed by atoms with E-state index in [2.05, 4.69) is 0 Å². The Morgan fingerprint density at radius 1 is 1.14 bits per heavy atom. The van der Waals surface area contributed by atoms with Crippen molar-refractivity contribution in [1.82, 2.24) is 9.21 Å². The number of carbonyl (C=O) groups is 2. The predicted molar refractivity (Wildman–Crippen MR) is 82.7 cm³/mol. The number of fused-ring (bicyclic) bond motifs is 1. The van der Waals surface area contributed by atoms with Gasteiger partial charge in [-0.1, -0.05) is 12.1 Å². The van der Waals surface area contributed by atoms with E-state index in [1.165, 1.54) is 23.1 Å². The van der Waals surface area contributed by atoms with E-state index in [9.17, 15) is 18.0 Å². The lowest BCUT2D eigenvalue weighted by Gasteiger charge is -2.23. The van der Waals surface area contributed by atoms with Gasteiger partial charge in [-0.15, -0.1) is 23.2 Å². The van der Waals surface area contributed by atoms with Gasteiger partial charge in [0.15, 0.2) is 0 Å². The topological polar surface area (TPSA) is 74.8 Å². The molecule has 120 valence electrons. The number of hydrogen-bond acceptors (Lipinski definition) is 4. The van der Waals surface area contributed by atoms with Gasteiger partial charge in [-0.3, -0.25) is 9.59 Å². The van der Waals surface area contributed by atoms with E-state index in [4.69, 9.17) is 23.2 Å². The van der Waals surface area contributed by atoms with Crippen LogP contribution in [0.2, 0.25) is 0 Å². The first-order valence-corrected chi connectivity index (χ1v) is 9.00. The Morgan fingerprint density at radius 3 is 2.27 bits per heavy atom. The second-order valence-corrected chi connectivity index (χ2v) is 7.16. The number of sulfonamides is 1. The summed E-state index contributed by atoms with van der Waals surface area (Å²) in [7, 11) is -3.98. The first kappa shape index (κ1) is 17.1. The maximum Gasteiger partial charge on any atom is 0.269 e. The second kappa shape index (κ2) is 6.85. The second-order valence-electron chi connectivity index (χ2n) is 4.57. The zero-order valence-electron chi connectivity index (χ0n) is 11.5. The van der Waals surface area contributed by atoms with Gasteiger partial charge >= 0.3 is 0 Å². The molecule has 1 aromatic rings. The van der Waals surface area contributed by atoms with E-state index in [1.54, 1.807) is 6.07 Å². The summed E-state index contributed by atoms with van der Waals surface area (Å²) in [5, 5.41) is 0. The lowest BCUT2D eigenvalue weighted by Crippen LogP contribution is -2.44. The van der Waals surface area contributed by atoms with Gasteiger partial charge in [0.1, 0.15) is 11.4 Å². The van der Waals surface area contributed by atoms with E-state index in [0.717, 1.165) is 0 Å². The Hall–Kier alpha value is -1.31. The molecule has 0 aromatic heterocycles. The van der Waals surface area contributed by atoms with Crippen molar-refractivity contribution in [3.8, 4) is 0 Å².